The number of nitrogens with one attached hydrogen (secondary N) is 2. The van der Waals surface area contributed by atoms with E-state index in [-0.39, 0.29) is 17.1 Å². The highest BCUT2D eigenvalue weighted by molar-refractivity contribution is 7.89. The van der Waals surface area contributed by atoms with Crippen molar-refractivity contribution in [2.45, 2.75) is 43.9 Å². The maximum absolute atomic E-state index is 13.1. The average molecular weight is 467 g/mol. The topological polar surface area (TPSA) is 83.6 Å². The summed E-state index contributed by atoms with van der Waals surface area (Å²) in [6.07, 6.45) is 4.29. The molecule has 1 aromatic heterocycles. The van der Waals surface area contributed by atoms with E-state index >= 15 is 0 Å². The van der Waals surface area contributed by atoms with Crippen molar-refractivity contribution in [3.8, 4) is 0 Å². The van der Waals surface area contributed by atoms with Crippen molar-refractivity contribution in [1.29, 1.82) is 0 Å². The van der Waals surface area contributed by atoms with Crippen LogP contribution in [0.4, 0.5) is 11.4 Å². The summed E-state index contributed by atoms with van der Waals surface area (Å²) in [5, 5.41) is 3.41. The van der Waals surface area contributed by atoms with Crippen molar-refractivity contribution in [2.24, 2.45) is 0 Å². The number of benzene rings is 2. The highest BCUT2D eigenvalue weighted by Gasteiger charge is 2.25. The Morgan fingerprint density at radius 3 is 2.58 bits per heavy atom. The summed E-state index contributed by atoms with van der Waals surface area (Å²) < 4.78 is 34.5. The fourth-order valence-electron chi connectivity index (χ4n) is 4.03. The fourth-order valence-corrected chi connectivity index (χ4v) is 5.25. The lowest BCUT2D eigenvalue weighted by atomic mass is 10.1. The summed E-state index contributed by atoms with van der Waals surface area (Å²) in [5.41, 5.74) is 4.19. The third-order valence-electron chi connectivity index (χ3n) is 5.70. The molecule has 2 aromatic carbocycles. The maximum Gasteiger partial charge on any atom is 0.240 e. The molecule has 33 heavy (non-hydrogen) atoms. The number of fused-ring (bicyclic) bond motifs is 1. The van der Waals surface area contributed by atoms with Crippen LogP contribution in [-0.2, 0) is 27.7 Å². The lowest BCUT2D eigenvalue weighted by Crippen LogP contribution is -2.39. The Kier molecular flexibility index (Phi) is 7.27. The Labute approximate surface area is 195 Å². The van der Waals surface area contributed by atoms with Crippen LogP contribution in [0.15, 0.2) is 78.0 Å². The number of pyridine rings is 1. The van der Waals surface area contributed by atoms with Gasteiger partial charge in [0.1, 0.15) is 0 Å². The summed E-state index contributed by atoms with van der Waals surface area (Å²) >= 11 is 0. The molecule has 0 amide bonds. The van der Waals surface area contributed by atoms with Crippen molar-refractivity contribution >= 4 is 21.4 Å². The van der Waals surface area contributed by atoms with E-state index in [9.17, 15) is 8.42 Å². The van der Waals surface area contributed by atoms with Crippen LogP contribution < -0.4 is 14.9 Å². The summed E-state index contributed by atoms with van der Waals surface area (Å²) in [4.78, 5) is 6.65. The smallest absolute Gasteiger partial charge is 0.240 e. The molecule has 1 aliphatic rings. The minimum absolute atomic E-state index is 0.131. The molecule has 2 heterocycles. The summed E-state index contributed by atoms with van der Waals surface area (Å²) in [7, 11) is -3.68. The molecule has 0 bridgehead atoms. The second-order valence-corrected chi connectivity index (χ2v) is 9.87. The molecule has 174 valence electrons. The maximum atomic E-state index is 13.1. The highest BCUT2D eigenvalue weighted by Crippen LogP contribution is 2.34. The molecule has 2 atom stereocenters. The number of ether oxygens (including phenoxy) is 1. The van der Waals surface area contributed by atoms with E-state index in [0.717, 1.165) is 22.5 Å². The lowest BCUT2D eigenvalue weighted by molar-refractivity contribution is 0.129. The van der Waals surface area contributed by atoms with Crippen LogP contribution in [0.1, 0.15) is 25.0 Å². The van der Waals surface area contributed by atoms with Gasteiger partial charge < -0.3 is 15.0 Å². The van der Waals surface area contributed by atoms with Gasteiger partial charge in [0, 0.05) is 25.4 Å². The van der Waals surface area contributed by atoms with Crippen LogP contribution in [-0.4, -0.2) is 38.8 Å². The molecular formula is C25H30N4O3S. The van der Waals surface area contributed by atoms with E-state index in [1.807, 2.05) is 61.7 Å². The van der Waals surface area contributed by atoms with Gasteiger partial charge in [0.2, 0.25) is 10.0 Å². The number of hydrogen-bond acceptors (Lipinski definition) is 6. The monoisotopic (exact) mass is 466 g/mol. The van der Waals surface area contributed by atoms with Gasteiger partial charge in [-0.1, -0.05) is 42.5 Å². The molecule has 2 unspecified atom stereocenters. The molecule has 8 heteroatoms. The molecule has 1 aliphatic heterocycles. The van der Waals surface area contributed by atoms with Crippen LogP contribution in [0.25, 0.3) is 0 Å². The molecule has 0 aliphatic carbocycles. The Balaban J connectivity index is 1.45. The summed E-state index contributed by atoms with van der Waals surface area (Å²) in [6, 6.07) is 18.5. The van der Waals surface area contributed by atoms with E-state index in [2.05, 4.69) is 26.8 Å². The SMILES string of the molecule is CCOCC(Cc1ccccc1)NS(=O)(=O)c1ccc(CN2c3ccncc3NC2C)cc1. The van der Waals surface area contributed by atoms with Crippen molar-refractivity contribution in [3.05, 3.63) is 84.2 Å². The zero-order chi connectivity index (χ0) is 23.3. The van der Waals surface area contributed by atoms with E-state index in [4.69, 9.17) is 4.74 Å². The van der Waals surface area contributed by atoms with Gasteiger partial charge in [-0.25, -0.2) is 13.1 Å². The molecule has 0 fully saturated rings. The van der Waals surface area contributed by atoms with E-state index in [0.29, 0.717) is 26.2 Å². The minimum atomic E-state index is -3.68. The molecule has 3 aromatic rings. The van der Waals surface area contributed by atoms with Gasteiger partial charge in [0.25, 0.3) is 0 Å². The largest absolute Gasteiger partial charge is 0.380 e. The molecule has 7 nitrogen and oxygen atoms in total. The van der Waals surface area contributed by atoms with Crippen LogP contribution in [0.5, 0.6) is 0 Å². The van der Waals surface area contributed by atoms with Gasteiger partial charge in [-0.3, -0.25) is 4.98 Å². The molecule has 0 spiro atoms. The Morgan fingerprint density at radius 1 is 1.09 bits per heavy atom. The summed E-state index contributed by atoms with van der Waals surface area (Å²) in [5.74, 6) is 0. The average Bonchev–Trinajstić information content (AvgIpc) is 3.13. The van der Waals surface area contributed by atoms with Gasteiger partial charge in [-0.15, -0.1) is 0 Å². The Bertz CT molecular complexity index is 1150. The first kappa shape index (κ1) is 23.2. The second kappa shape index (κ2) is 10.3. The lowest BCUT2D eigenvalue weighted by Gasteiger charge is -2.24. The van der Waals surface area contributed by atoms with Crippen LogP contribution in [0.2, 0.25) is 0 Å². The van der Waals surface area contributed by atoms with Crippen molar-refractivity contribution in [3.63, 3.8) is 0 Å². The quantitative estimate of drug-likeness (QED) is 0.473. The minimum Gasteiger partial charge on any atom is -0.380 e. The number of anilines is 2. The standard InChI is InChI=1S/C25H30N4O3S/c1-3-32-18-22(15-20-7-5-4-6-8-20)28-33(30,31)23-11-9-21(10-12-23)17-29-19(2)27-24-16-26-14-13-25(24)29/h4-14,16,19,22,27-28H,3,15,17-18H2,1-2H3. The van der Waals surface area contributed by atoms with Crippen LogP contribution in [0.3, 0.4) is 0 Å². The Hall–Kier alpha value is -2.94. The van der Waals surface area contributed by atoms with Crippen LogP contribution in [0, 0.1) is 0 Å². The van der Waals surface area contributed by atoms with E-state index in [1.54, 1.807) is 18.3 Å². The van der Waals surface area contributed by atoms with Gasteiger partial charge >= 0.3 is 0 Å². The van der Waals surface area contributed by atoms with Gasteiger partial charge in [0.15, 0.2) is 0 Å². The molecule has 4 rings (SSSR count). The second-order valence-electron chi connectivity index (χ2n) is 8.15. The molecule has 2 N–H and O–H groups in total. The molecule has 0 saturated carbocycles. The molecule has 0 saturated heterocycles. The van der Waals surface area contributed by atoms with E-state index < -0.39 is 10.0 Å². The first-order valence-corrected chi connectivity index (χ1v) is 12.6. The molecule has 0 radical (unpaired) electrons. The normalized spacial score (nSPS) is 16.3. The van der Waals surface area contributed by atoms with Crippen molar-refractivity contribution in [2.75, 3.05) is 23.4 Å². The third kappa shape index (κ3) is 5.71. The number of nitrogens with zero attached hydrogens (tertiary/aromatic N) is 2. The number of aromatic nitrogens is 1. The molecular weight excluding hydrogens is 436 g/mol. The zero-order valence-corrected chi connectivity index (χ0v) is 19.8. The highest BCUT2D eigenvalue weighted by atomic mass is 32.2. The van der Waals surface area contributed by atoms with E-state index in [1.165, 1.54) is 0 Å². The number of rotatable bonds is 10. The van der Waals surface area contributed by atoms with Crippen molar-refractivity contribution in [1.82, 2.24) is 9.71 Å². The zero-order valence-electron chi connectivity index (χ0n) is 18.9. The predicted octanol–water partition coefficient (Wildman–Crippen LogP) is 3.79. The number of hydrogen-bond donors (Lipinski definition) is 2. The third-order valence-corrected chi connectivity index (χ3v) is 7.23. The number of sulfonamides is 1. The first-order valence-electron chi connectivity index (χ1n) is 11.2. The summed E-state index contributed by atoms with van der Waals surface area (Å²) in [6.45, 7) is 5.51. The Morgan fingerprint density at radius 2 is 1.85 bits per heavy atom. The van der Waals surface area contributed by atoms with Crippen molar-refractivity contribution < 1.29 is 13.2 Å². The van der Waals surface area contributed by atoms with Gasteiger partial charge in [-0.2, -0.15) is 0 Å². The van der Waals surface area contributed by atoms with Gasteiger partial charge in [-0.05, 0) is 49.6 Å². The fraction of sp³-hybridized carbons (Fsp3) is 0.320. The first-order chi connectivity index (χ1) is 16.0. The predicted molar refractivity (Wildman–Crippen MR) is 131 cm³/mol. The van der Waals surface area contributed by atoms with Gasteiger partial charge in [0.05, 0.1) is 35.2 Å². The van der Waals surface area contributed by atoms with Crippen LogP contribution >= 0.6 is 0 Å².